The van der Waals surface area contributed by atoms with Crippen LogP contribution in [0.3, 0.4) is 0 Å². The zero-order valence-corrected chi connectivity index (χ0v) is 14.4. The summed E-state index contributed by atoms with van der Waals surface area (Å²) in [4.78, 5) is 2.41. The Morgan fingerprint density at radius 3 is 2.78 bits per heavy atom. The van der Waals surface area contributed by atoms with Crippen LogP contribution in [0.2, 0.25) is 0 Å². The monoisotopic (exact) mass is 321 g/mol. The molecule has 2 bridgehead atoms. The molecule has 3 nitrogen and oxygen atoms in total. The van der Waals surface area contributed by atoms with E-state index in [1.807, 2.05) is 0 Å². The van der Waals surface area contributed by atoms with Gasteiger partial charge in [0, 0.05) is 19.1 Å². The van der Waals surface area contributed by atoms with Gasteiger partial charge >= 0.3 is 0 Å². The number of fused-ring (bicyclic) bond motifs is 2. The first-order valence-electron chi connectivity index (χ1n) is 8.56. The number of nitrogens with zero attached hydrogens (tertiary/aromatic N) is 1. The Morgan fingerprint density at radius 2 is 2.04 bits per heavy atom. The zero-order chi connectivity index (χ0) is 16.7. The second-order valence-electron chi connectivity index (χ2n) is 8.54. The smallest absolute Gasteiger partial charge is 0.165 e. The van der Waals surface area contributed by atoms with Crippen molar-refractivity contribution in [1.82, 2.24) is 4.90 Å². The maximum atomic E-state index is 13.5. The first-order chi connectivity index (χ1) is 10.8. The average molecular weight is 321 g/mol. The minimum atomic E-state index is -0.597. The minimum Gasteiger partial charge on any atom is -0.488 e. The molecule has 1 saturated heterocycles. The lowest BCUT2D eigenvalue weighted by Gasteiger charge is -2.40. The Morgan fingerprint density at radius 1 is 1.30 bits per heavy atom. The Balaban J connectivity index is 1.55. The van der Waals surface area contributed by atoms with Gasteiger partial charge in [-0.3, -0.25) is 4.90 Å². The van der Waals surface area contributed by atoms with Crippen molar-refractivity contribution in [2.75, 3.05) is 19.7 Å². The highest BCUT2D eigenvalue weighted by molar-refractivity contribution is 5.23. The van der Waals surface area contributed by atoms with Gasteiger partial charge in [-0.15, -0.1) is 0 Å². The summed E-state index contributed by atoms with van der Waals surface area (Å²) in [5.41, 5.74) is 0.736. The average Bonchev–Trinajstić information content (AvgIpc) is 2.66. The fourth-order valence-corrected chi connectivity index (χ4v) is 4.86. The molecule has 2 fully saturated rings. The largest absolute Gasteiger partial charge is 0.488 e. The molecule has 1 heterocycles. The van der Waals surface area contributed by atoms with Crippen molar-refractivity contribution in [2.24, 2.45) is 10.8 Å². The summed E-state index contributed by atoms with van der Waals surface area (Å²) in [6.07, 6.45) is 3.05. The lowest BCUT2D eigenvalue weighted by atomic mass is 9.65. The molecule has 1 aromatic rings. The van der Waals surface area contributed by atoms with Gasteiger partial charge in [-0.25, -0.2) is 4.39 Å². The second-order valence-corrected chi connectivity index (χ2v) is 8.54. The van der Waals surface area contributed by atoms with Gasteiger partial charge in [-0.2, -0.15) is 0 Å². The molecule has 0 aromatic heterocycles. The summed E-state index contributed by atoms with van der Waals surface area (Å²) in [5.74, 6) is -0.175. The first-order valence-corrected chi connectivity index (χ1v) is 8.56. The Labute approximate surface area is 138 Å². The van der Waals surface area contributed by atoms with Gasteiger partial charge in [0.25, 0.3) is 0 Å². The fraction of sp³-hybridized carbons (Fsp3) is 0.684. The number of β-amino-alcohol motifs (C(OH)–C–C–N with tert-alkyl or cyclic N) is 1. The van der Waals surface area contributed by atoms with E-state index in [4.69, 9.17) is 4.74 Å². The van der Waals surface area contributed by atoms with Gasteiger partial charge in [0.15, 0.2) is 11.6 Å². The number of halogens is 1. The highest BCUT2D eigenvalue weighted by atomic mass is 19.1. The SMILES string of the molecule is CC1(C)CC2CC(C)(CN2CC(O)COc2ccccc2F)C1. The highest BCUT2D eigenvalue weighted by Gasteiger charge is 2.49. The molecule has 128 valence electrons. The molecule has 1 aliphatic heterocycles. The van der Waals surface area contributed by atoms with E-state index in [1.165, 1.54) is 25.3 Å². The van der Waals surface area contributed by atoms with Gasteiger partial charge in [0.1, 0.15) is 12.7 Å². The highest BCUT2D eigenvalue weighted by Crippen LogP contribution is 2.52. The number of aliphatic hydroxyl groups is 1. The maximum absolute atomic E-state index is 13.5. The summed E-state index contributed by atoms with van der Waals surface area (Å²) >= 11 is 0. The predicted octanol–water partition coefficient (Wildman–Crippen LogP) is 3.47. The summed E-state index contributed by atoms with van der Waals surface area (Å²) in [6.45, 7) is 8.83. The number of hydrogen-bond acceptors (Lipinski definition) is 3. The van der Waals surface area contributed by atoms with Crippen LogP contribution in [-0.4, -0.2) is 41.8 Å². The van der Waals surface area contributed by atoms with Crippen molar-refractivity contribution in [3.05, 3.63) is 30.1 Å². The summed E-state index contributed by atoms with van der Waals surface area (Å²) < 4.78 is 19.0. The number of benzene rings is 1. The third-order valence-corrected chi connectivity index (χ3v) is 5.24. The molecule has 4 heteroatoms. The Hall–Kier alpha value is -1.13. The van der Waals surface area contributed by atoms with Crippen LogP contribution in [0.25, 0.3) is 0 Å². The van der Waals surface area contributed by atoms with E-state index in [0.717, 1.165) is 6.54 Å². The number of para-hydroxylation sites is 1. The number of rotatable bonds is 5. The van der Waals surface area contributed by atoms with Crippen molar-refractivity contribution in [1.29, 1.82) is 0 Å². The van der Waals surface area contributed by atoms with E-state index >= 15 is 0 Å². The molecular formula is C19H28FNO2. The number of hydrogen-bond donors (Lipinski definition) is 1. The Kier molecular flexibility index (Phi) is 4.41. The molecule has 2 aliphatic rings. The molecule has 1 aromatic carbocycles. The van der Waals surface area contributed by atoms with Crippen LogP contribution in [0.15, 0.2) is 24.3 Å². The molecule has 0 radical (unpaired) electrons. The zero-order valence-electron chi connectivity index (χ0n) is 14.4. The maximum Gasteiger partial charge on any atom is 0.165 e. The number of ether oxygens (including phenoxy) is 1. The summed E-state index contributed by atoms with van der Waals surface area (Å²) in [5, 5.41) is 10.3. The van der Waals surface area contributed by atoms with Gasteiger partial charge in [-0.1, -0.05) is 32.9 Å². The molecule has 1 N–H and O–H groups in total. The van der Waals surface area contributed by atoms with Crippen molar-refractivity contribution in [3.8, 4) is 5.75 Å². The number of likely N-dealkylation sites (tertiary alicyclic amines) is 1. The second kappa shape index (κ2) is 6.06. The standard InChI is InChI=1S/C19H28FNO2/c1-18(2)8-14-9-19(3,12-18)13-21(14)10-15(22)11-23-17-7-5-4-6-16(17)20/h4-7,14-15,22H,8-13H2,1-3H3. The van der Waals surface area contributed by atoms with Crippen LogP contribution in [0.5, 0.6) is 5.75 Å². The quantitative estimate of drug-likeness (QED) is 0.901. The molecular weight excluding hydrogens is 293 g/mol. The van der Waals surface area contributed by atoms with E-state index in [1.54, 1.807) is 18.2 Å². The van der Waals surface area contributed by atoms with Crippen molar-refractivity contribution in [2.45, 2.75) is 52.2 Å². The van der Waals surface area contributed by atoms with Gasteiger partial charge in [0.2, 0.25) is 0 Å². The van der Waals surface area contributed by atoms with Crippen LogP contribution < -0.4 is 4.74 Å². The van der Waals surface area contributed by atoms with Crippen LogP contribution in [0, 0.1) is 16.6 Å². The topological polar surface area (TPSA) is 32.7 Å². The van der Waals surface area contributed by atoms with E-state index in [9.17, 15) is 9.50 Å². The van der Waals surface area contributed by atoms with Crippen LogP contribution in [0.1, 0.15) is 40.0 Å². The molecule has 3 rings (SSSR count). The molecule has 1 saturated carbocycles. The number of aliphatic hydroxyl groups excluding tert-OH is 1. The van der Waals surface area contributed by atoms with Crippen molar-refractivity contribution >= 4 is 0 Å². The molecule has 0 amide bonds. The summed E-state index contributed by atoms with van der Waals surface area (Å²) in [6, 6.07) is 6.87. The first kappa shape index (κ1) is 16.7. The fourth-order valence-electron chi connectivity index (χ4n) is 4.86. The van der Waals surface area contributed by atoms with Crippen LogP contribution in [0.4, 0.5) is 4.39 Å². The van der Waals surface area contributed by atoms with E-state index in [2.05, 4.69) is 25.7 Å². The lowest BCUT2D eigenvalue weighted by Crippen LogP contribution is -2.39. The van der Waals surface area contributed by atoms with Gasteiger partial charge in [0.05, 0.1) is 0 Å². The molecule has 3 atom stereocenters. The molecule has 23 heavy (non-hydrogen) atoms. The minimum absolute atomic E-state index is 0.129. The van der Waals surface area contributed by atoms with Crippen LogP contribution in [-0.2, 0) is 0 Å². The molecule has 1 aliphatic carbocycles. The van der Waals surface area contributed by atoms with Gasteiger partial charge in [-0.05, 0) is 42.2 Å². The molecule has 3 unspecified atom stereocenters. The lowest BCUT2D eigenvalue weighted by molar-refractivity contribution is 0.0573. The van der Waals surface area contributed by atoms with E-state index in [0.29, 0.717) is 23.4 Å². The van der Waals surface area contributed by atoms with Crippen LogP contribution >= 0.6 is 0 Å². The Bertz CT molecular complexity index is 562. The van der Waals surface area contributed by atoms with E-state index < -0.39 is 6.10 Å². The van der Waals surface area contributed by atoms with E-state index in [-0.39, 0.29) is 18.2 Å². The normalized spacial score (nSPS) is 31.1. The van der Waals surface area contributed by atoms with Crippen molar-refractivity contribution < 1.29 is 14.2 Å². The molecule has 0 spiro atoms. The van der Waals surface area contributed by atoms with Crippen molar-refractivity contribution in [3.63, 3.8) is 0 Å². The third-order valence-electron chi connectivity index (χ3n) is 5.24. The predicted molar refractivity (Wildman–Crippen MR) is 89.0 cm³/mol. The van der Waals surface area contributed by atoms with Gasteiger partial charge < -0.3 is 9.84 Å². The third kappa shape index (κ3) is 3.86. The summed E-state index contributed by atoms with van der Waals surface area (Å²) in [7, 11) is 0.